The molecule has 0 fully saturated rings. The molecule has 19 heavy (non-hydrogen) atoms. The molecule has 0 saturated carbocycles. The highest BCUT2D eigenvalue weighted by Gasteiger charge is 2.17. The van der Waals surface area contributed by atoms with Crippen LogP contribution in [0.1, 0.15) is 19.3 Å². The Balaban J connectivity index is 4.16. The van der Waals surface area contributed by atoms with Crippen molar-refractivity contribution in [3.63, 3.8) is 0 Å². The summed E-state index contributed by atoms with van der Waals surface area (Å²) in [5, 5.41) is 5.77. The van der Waals surface area contributed by atoms with Gasteiger partial charge in [-0.15, -0.1) is 0 Å². The van der Waals surface area contributed by atoms with Crippen LogP contribution >= 0.6 is 0 Å². The van der Waals surface area contributed by atoms with E-state index in [1.807, 2.05) is 0 Å². The number of rotatable bonds is 10. The Labute approximate surface area is 115 Å². The molecule has 0 bridgehead atoms. The minimum atomic E-state index is -0.315. The normalized spacial score (nSPS) is 12.0. The molecule has 0 aromatic rings. The minimum Gasteiger partial charge on any atom is -0.347 e. The fourth-order valence-electron chi connectivity index (χ4n) is 1.47. The SMILES string of the molecule is CN(C)C(=O)CNC(=O)[C@H](CCCN)NCCCN. The average molecular weight is 273 g/mol. The van der Waals surface area contributed by atoms with E-state index in [4.69, 9.17) is 11.5 Å². The third-order valence-electron chi connectivity index (χ3n) is 2.70. The zero-order valence-electron chi connectivity index (χ0n) is 11.9. The molecule has 0 saturated heterocycles. The van der Waals surface area contributed by atoms with Crippen molar-refractivity contribution in [3.05, 3.63) is 0 Å². The fourth-order valence-corrected chi connectivity index (χ4v) is 1.47. The summed E-state index contributed by atoms with van der Waals surface area (Å²) >= 11 is 0. The van der Waals surface area contributed by atoms with E-state index in [9.17, 15) is 9.59 Å². The van der Waals surface area contributed by atoms with Crippen molar-refractivity contribution in [1.29, 1.82) is 0 Å². The fraction of sp³-hybridized carbons (Fsp3) is 0.833. The van der Waals surface area contributed by atoms with Crippen molar-refractivity contribution >= 4 is 11.8 Å². The van der Waals surface area contributed by atoms with Gasteiger partial charge in [-0.05, 0) is 38.9 Å². The van der Waals surface area contributed by atoms with Gasteiger partial charge in [0.25, 0.3) is 0 Å². The number of hydrogen-bond acceptors (Lipinski definition) is 5. The summed E-state index contributed by atoms with van der Waals surface area (Å²) in [6.45, 7) is 1.82. The standard InChI is InChI=1S/C12H27N5O2/c1-17(2)11(18)9-16-12(19)10(5-3-6-13)15-8-4-7-14/h10,15H,3-9,13-14H2,1-2H3,(H,16,19)/t10-/m0/s1. The lowest BCUT2D eigenvalue weighted by Crippen LogP contribution is -2.47. The summed E-state index contributed by atoms with van der Waals surface area (Å²) in [4.78, 5) is 24.8. The number of likely N-dealkylation sites (N-methyl/N-ethyl adjacent to an activating group) is 1. The molecule has 0 rings (SSSR count). The molecular formula is C12H27N5O2. The maximum absolute atomic E-state index is 12.0. The quantitative estimate of drug-likeness (QED) is 0.352. The van der Waals surface area contributed by atoms with Crippen LogP contribution in [-0.4, -0.2) is 63.0 Å². The van der Waals surface area contributed by atoms with Crippen molar-refractivity contribution < 1.29 is 9.59 Å². The Hall–Kier alpha value is -1.18. The van der Waals surface area contributed by atoms with E-state index in [-0.39, 0.29) is 24.4 Å². The van der Waals surface area contributed by atoms with Gasteiger partial charge in [0, 0.05) is 14.1 Å². The second-order valence-corrected chi connectivity index (χ2v) is 4.59. The number of nitrogens with one attached hydrogen (secondary N) is 2. The molecule has 7 heteroatoms. The molecule has 112 valence electrons. The molecule has 1 atom stereocenters. The molecule has 0 aromatic heterocycles. The third kappa shape index (κ3) is 8.52. The van der Waals surface area contributed by atoms with Crippen LogP contribution in [0.25, 0.3) is 0 Å². The largest absolute Gasteiger partial charge is 0.347 e. The monoisotopic (exact) mass is 273 g/mol. The van der Waals surface area contributed by atoms with Crippen LogP contribution in [0, 0.1) is 0 Å². The molecular weight excluding hydrogens is 246 g/mol. The van der Waals surface area contributed by atoms with Gasteiger partial charge in [0.1, 0.15) is 0 Å². The smallest absolute Gasteiger partial charge is 0.241 e. The predicted octanol–water partition coefficient (Wildman–Crippen LogP) is -1.76. The highest BCUT2D eigenvalue weighted by Crippen LogP contribution is 1.97. The van der Waals surface area contributed by atoms with Gasteiger partial charge in [-0.1, -0.05) is 0 Å². The first-order valence-electron chi connectivity index (χ1n) is 6.64. The Morgan fingerprint density at radius 1 is 1.16 bits per heavy atom. The lowest BCUT2D eigenvalue weighted by atomic mass is 10.1. The van der Waals surface area contributed by atoms with Crippen LogP contribution in [0.4, 0.5) is 0 Å². The highest BCUT2D eigenvalue weighted by molar-refractivity contribution is 5.87. The summed E-state index contributed by atoms with van der Waals surface area (Å²) in [6.07, 6.45) is 2.22. The molecule has 0 unspecified atom stereocenters. The summed E-state index contributed by atoms with van der Waals surface area (Å²) < 4.78 is 0. The van der Waals surface area contributed by atoms with E-state index in [1.165, 1.54) is 4.90 Å². The minimum absolute atomic E-state index is 0.0174. The van der Waals surface area contributed by atoms with Gasteiger partial charge in [-0.25, -0.2) is 0 Å². The van der Waals surface area contributed by atoms with Crippen LogP contribution in [0.2, 0.25) is 0 Å². The first-order valence-corrected chi connectivity index (χ1v) is 6.64. The second kappa shape index (κ2) is 10.7. The van der Waals surface area contributed by atoms with Crippen molar-refractivity contribution in [2.75, 3.05) is 40.3 Å². The van der Waals surface area contributed by atoms with Crippen LogP contribution in [-0.2, 0) is 9.59 Å². The van der Waals surface area contributed by atoms with E-state index in [0.717, 1.165) is 12.8 Å². The number of hydrogen-bond donors (Lipinski definition) is 4. The maximum Gasteiger partial charge on any atom is 0.241 e. The van der Waals surface area contributed by atoms with E-state index in [0.29, 0.717) is 26.1 Å². The zero-order chi connectivity index (χ0) is 14.7. The van der Waals surface area contributed by atoms with E-state index in [2.05, 4.69) is 10.6 Å². The molecule has 0 spiro atoms. The topological polar surface area (TPSA) is 113 Å². The molecule has 0 aliphatic heterocycles. The third-order valence-corrected chi connectivity index (χ3v) is 2.70. The second-order valence-electron chi connectivity index (χ2n) is 4.59. The first-order chi connectivity index (χ1) is 9.02. The van der Waals surface area contributed by atoms with Gasteiger partial charge in [-0.3, -0.25) is 9.59 Å². The van der Waals surface area contributed by atoms with Gasteiger partial charge < -0.3 is 27.0 Å². The molecule has 2 amide bonds. The number of carbonyl (C=O) groups excluding carboxylic acids is 2. The molecule has 0 aliphatic carbocycles. The number of nitrogens with zero attached hydrogens (tertiary/aromatic N) is 1. The van der Waals surface area contributed by atoms with Crippen molar-refractivity contribution in [1.82, 2.24) is 15.5 Å². The number of carbonyl (C=O) groups is 2. The Kier molecular flexibility index (Phi) is 10.1. The average Bonchev–Trinajstić information content (AvgIpc) is 2.39. The number of nitrogens with two attached hydrogens (primary N) is 2. The van der Waals surface area contributed by atoms with Crippen molar-refractivity contribution in [2.45, 2.75) is 25.3 Å². The molecule has 0 heterocycles. The van der Waals surface area contributed by atoms with Crippen LogP contribution in [0.15, 0.2) is 0 Å². The maximum atomic E-state index is 12.0. The molecule has 6 N–H and O–H groups in total. The highest BCUT2D eigenvalue weighted by atomic mass is 16.2. The Bertz CT molecular complexity index is 271. The summed E-state index contributed by atoms with van der Waals surface area (Å²) in [5.41, 5.74) is 10.9. The van der Waals surface area contributed by atoms with Gasteiger partial charge in [-0.2, -0.15) is 0 Å². The van der Waals surface area contributed by atoms with Crippen molar-refractivity contribution in [3.8, 4) is 0 Å². The van der Waals surface area contributed by atoms with Gasteiger partial charge >= 0.3 is 0 Å². The van der Waals surface area contributed by atoms with Gasteiger partial charge in [0.05, 0.1) is 12.6 Å². The lowest BCUT2D eigenvalue weighted by Gasteiger charge is -2.18. The summed E-state index contributed by atoms with van der Waals surface area (Å²) in [6, 6.07) is -0.315. The molecule has 0 radical (unpaired) electrons. The van der Waals surface area contributed by atoms with E-state index < -0.39 is 0 Å². The lowest BCUT2D eigenvalue weighted by molar-refractivity contribution is -0.131. The van der Waals surface area contributed by atoms with Crippen molar-refractivity contribution in [2.24, 2.45) is 11.5 Å². The molecule has 0 aliphatic rings. The Morgan fingerprint density at radius 3 is 2.32 bits per heavy atom. The summed E-state index contributed by atoms with van der Waals surface area (Å²) in [5.74, 6) is -0.298. The number of amides is 2. The molecule has 0 aromatic carbocycles. The van der Waals surface area contributed by atoms with Gasteiger partial charge in [0.2, 0.25) is 11.8 Å². The van der Waals surface area contributed by atoms with Crippen LogP contribution in [0.3, 0.4) is 0 Å². The Morgan fingerprint density at radius 2 is 1.79 bits per heavy atom. The van der Waals surface area contributed by atoms with E-state index >= 15 is 0 Å². The first kappa shape index (κ1) is 17.8. The predicted molar refractivity (Wildman–Crippen MR) is 75.5 cm³/mol. The zero-order valence-corrected chi connectivity index (χ0v) is 11.9. The molecule has 7 nitrogen and oxygen atoms in total. The van der Waals surface area contributed by atoms with Gasteiger partial charge in [0.15, 0.2) is 0 Å². The summed E-state index contributed by atoms with van der Waals surface area (Å²) in [7, 11) is 3.31. The van der Waals surface area contributed by atoms with E-state index in [1.54, 1.807) is 14.1 Å². The van der Waals surface area contributed by atoms with Crippen LogP contribution in [0.5, 0.6) is 0 Å². The van der Waals surface area contributed by atoms with Crippen LogP contribution < -0.4 is 22.1 Å².